The number of aliphatic hydroxyl groups excluding tert-OH is 2. The van der Waals surface area contributed by atoms with E-state index in [-0.39, 0.29) is 12.5 Å². The summed E-state index contributed by atoms with van der Waals surface area (Å²) in [6.45, 7) is 4.28. The Hall–Kier alpha value is -2.17. The Labute approximate surface area is 489 Å². The maximum atomic E-state index is 12.6. The standard InChI is InChI=1S/C74H137NO3/c1-3-5-7-9-11-13-15-17-19-21-23-25-27-29-31-32-33-34-35-36-37-38-39-40-41-42-44-46-48-50-52-54-56-58-60-62-64-66-68-70-74(78)75-72(71-76)73(77)69-67-65-63-61-59-57-55-53-51-49-47-45-43-30-28-26-24-22-20-18-16-14-12-10-8-6-4-2/h5,7,11,13,17,19,23,25,29,31,33-34,72-73,76-77H,3-4,6,8-10,12,14-16,18,20-22,24,26-28,30,32,35-71H2,1-2H3,(H,75,78)/b7-5-,13-11-,19-17-,25-23-,31-29-,34-33-. The maximum Gasteiger partial charge on any atom is 0.220 e. The van der Waals surface area contributed by atoms with Gasteiger partial charge in [-0.2, -0.15) is 0 Å². The number of hydrogen-bond donors (Lipinski definition) is 3. The van der Waals surface area contributed by atoms with Gasteiger partial charge in [0.1, 0.15) is 0 Å². The molecule has 78 heavy (non-hydrogen) atoms. The van der Waals surface area contributed by atoms with Crippen molar-refractivity contribution in [3.63, 3.8) is 0 Å². The van der Waals surface area contributed by atoms with Gasteiger partial charge in [0.25, 0.3) is 0 Å². The molecule has 0 rings (SSSR count). The first kappa shape index (κ1) is 75.8. The molecular formula is C74H137NO3. The fourth-order valence-electron chi connectivity index (χ4n) is 11.0. The molecule has 4 nitrogen and oxygen atoms in total. The average molecular weight is 1090 g/mol. The van der Waals surface area contributed by atoms with Crippen molar-refractivity contribution < 1.29 is 15.0 Å². The van der Waals surface area contributed by atoms with Crippen LogP contribution < -0.4 is 5.32 Å². The summed E-state index contributed by atoms with van der Waals surface area (Å²) < 4.78 is 0. The largest absolute Gasteiger partial charge is 0.394 e. The summed E-state index contributed by atoms with van der Waals surface area (Å²) in [7, 11) is 0. The normalized spacial score (nSPS) is 13.1. The van der Waals surface area contributed by atoms with Crippen molar-refractivity contribution in [2.75, 3.05) is 6.61 Å². The number of allylic oxidation sites excluding steroid dienone is 12. The van der Waals surface area contributed by atoms with Crippen LogP contribution in [0.3, 0.4) is 0 Å². The van der Waals surface area contributed by atoms with Gasteiger partial charge >= 0.3 is 0 Å². The summed E-state index contributed by atoms with van der Waals surface area (Å²) in [4.78, 5) is 12.6. The number of aliphatic hydroxyl groups is 2. The third-order valence-electron chi connectivity index (χ3n) is 16.2. The second-order valence-corrected chi connectivity index (χ2v) is 23.9. The molecule has 0 radical (unpaired) electrons. The molecule has 1 amide bonds. The Morgan fingerprint density at radius 2 is 0.564 bits per heavy atom. The van der Waals surface area contributed by atoms with E-state index < -0.39 is 12.1 Å². The highest BCUT2D eigenvalue weighted by Crippen LogP contribution is 2.19. The smallest absolute Gasteiger partial charge is 0.220 e. The van der Waals surface area contributed by atoms with Crippen molar-refractivity contribution in [3.05, 3.63) is 72.9 Å². The van der Waals surface area contributed by atoms with Crippen LogP contribution in [-0.4, -0.2) is 34.9 Å². The lowest BCUT2D eigenvalue weighted by Gasteiger charge is -2.22. The zero-order chi connectivity index (χ0) is 56.2. The van der Waals surface area contributed by atoms with Crippen LogP contribution in [0.2, 0.25) is 0 Å². The van der Waals surface area contributed by atoms with Crippen molar-refractivity contribution >= 4 is 5.91 Å². The third kappa shape index (κ3) is 64.6. The molecule has 0 aromatic rings. The van der Waals surface area contributed by atoms with E-state index in [0.717, 1.165) is 64.2 Å². The zero-order valence-electron chi connectivity index (χ0n) is 52.7. The first-order valence-corrected chi connectivity index (χ1v) is 35.1. The van der Waals surface area contributed by atoms with Gasteiger partial charge in [0.05, 0.1) is 18.8 Å². The summed E-state index contributed by atoms with van der Waals surface area (Å²) in [5.41, 5.74) is 0. The van der Waals surface area contributed by atoms with Crippen LogP contribution in [0.25, 0.3) is 0 Å². The van der Waals surface area contributed by atoms with Crippen molar-refractivity contribution in [3.8, 4) is 0 Å². The minimum atomic E-state index is -0.662. The van der Waals surface area contributed by atoms with E-state index in [1.54, 1.807) is 0 Å². The van der Waals surface area contributed by atoms with E-state index in [9.17, 15) is 15.0 Å². The lowest BCUT2D eigenvalue weighted by atomic mass is 10.0. The van der Waals surface area contributed by atoms with Crippen LogP contribution >= 0.6 is 0 Å². The number of hydrogen-bond acceptors (Lipinski definition) is 3. The highest BCUT2D eigenvalue weighted by Gasteiger charge is 2.20. The number of carbonyl (C=O) groups excluding carboxylic acids is 1. The molecule has 2 unspecified atom stereocenters. The minimum absolute atomic E-state index is 0.0250. The molecule has 0 aromatic heterocycles. The van der Waals surface area contributed by atoms with Gasteiger partial charge in [0, 0.05) is 6.42 Å². The summed E-state index contributed by atoms with van der Waals surface area (Å²) in [5, 5.41) is 23.5. The van der Waals surface area contributed by atoms with Gasteiger partial charge in [0.2, 0.25) is 5.91 Å². The Balaban J connectivity index is 3.41. The molecule has 0 saturated heterocycles. The number of amides is 1. The van der Waals surface area contributed by atoms with Crippen molar-refractivity contribution in [2.45, 2.75) is 386 Å². The minimum Gasteiger partial charge on any atom is -0.394 e. The summed E-state index contributed by atoms with van der Waals surface area (Å²) in [6.07, 6.45) is 99.6. The highest BCUT2D eigenvalue weighted by atomic mass is 16.3. The Bertz CT molecular complexity index is 1330. The molecule has 2 atom stereocenters. The van der Waals surface area contributed by atoms with E-state index in [4.69, 9.17) is 0 Å². The third-order valence-corrected chi connectivity index (χ3v) is 16.2. The molecule has 0 spiro atoms. The maximum absolute atomic E-state index is 12.6. The van der Waals surface area contributed by atoms with E-state index >= 15 is 0 Å². The lowest BCUT2D eigenvalue weighted by molar-refractivity contribution is -0.123. The van der Waals surface area contributed by atoms with Crippen LogP contribution in [0, 0.1) is 0 Å². The van der Waals surface area contributed by atoms with Crippen molar-refractivity contribution in [1.29, 1.82) is 0 Å². The number of rotatable bonds is 65. The van der Waals surface area contributed by atoms with Crippen LogP contribution in [0.1, 0.15) is 373 Å². The molecule has 456 valence electrons. The SMILES string of the molecule is CC/C=C\C/C=C\C/C=C\C/C=C\C/C=C\C/C=C\CCCCCCCCCCCCCCCCCCCCCCC(=O)NC(CO)C(O)CCCCCCCCCCCCCCCCCCCCCCCCCCCCC. The van der Waals surface area contributed by atoms with Crippen molar-refractivity contribution in [2.24, 2.45) is 0 Å². The van der Waals surface area contributed by atoms with Gasteiger partial charge in [-0.1, -0.05) is 376 Å². The van der Waals surface area contributed by atoms with Gasteiger partial charge in [-0.25, -0.2) is 0 Å². The highest BCUT2D eigenvalue weighted by molar-refractivity contribution is 5.76. The second kappa shape index (κ2) is 69.1. The van der Waals surface area contributed by atoms with Gasteiger partial charge < -0.3 is 15.5 Å². The topological polar surface area (TPSA) is 69.6 Å². The van der Waals surface area contributed by atoms with E-state index in [1.165, 1.54) is 283 Å². The Kier molecular flexibility index (Phi) is 67.2. The number of unbranched alkanes of at least 4 members (excludes halogenated alkanes) is 46. The van der Waals surface area contributed by atoms with E-state index in [2.05, 4.69) is 92.1 Å². The Morgan fingerprint density at radius 3 is 0.846 bits per heavy atom. The average Bonchev–Trinajstić information content (AvgIpc) is 3.44. The number of nitrogens with one attached hydrogen (secondary N) is 1. The fourth-order valence-corrected chi connectivity index (χ4v) is 11.0. The molecule has 4 heteroatoms. The first-order valence-electron chi connectivity index (χ1n) is 35.1. The molecule has 0 aliphatic rings. The molecule has 0 heterocycles. The molecule has 0 aliphatic heterocycles. The van der Waals surface area contributed by atoms with Crippen LogP contribution in [0.4, 0.5) is 0 Å². The van der Waals surface area contributed by atoms with Gasteiger partial charge in [-0.05, 0) is 64.2 Å². The molecule has 0 bridgehead atoms. The predicted octanol–water partition coefficient (Wildman–Crippen LogP) is 24.0. The molecule has 0 saturated carbocycles. The van der Waals surface area contributed by atoms with Crippen LogP contribution in [0.15, 0.2) is 72.9 Å². The predicted molar refractivity (Wildman–Crippen MR) is 350 cm³/mol. The van der Waals surface area contributed by atoms with Crippen molar-refractivity contribution in [1.82, 2.24) is 5.32 Å². The Morgan fingerprint density at radius 1 is 0.321 bits per heavy atom. The first-order chi connectivity index (χ1) is 38.7. The van der Waals surface area contributed by atoms with Gasteiger partial charge in [-0.3, -0.25) is 4.79 Å². The zero-order valence-corrected chi connectivity index (χ0v) is 52.7. The molecule has 0 aliphatic carbocycles. The summed E-state index contributed by atoms with van der Waals surface area (Å²) in [5.74, 6) is -0.0250. The monoisotopic (exact) mass is 1090 g/mol. The lowest BCUT2D eigenvalue weighted by Crippen LogP contribution is -2.45. The van der Waals surface area contributed by atoms with Gasteiger partial charge in [-0.15, -0.1) is 0 Å². The summed E-state index contributed by atoms with van der Waals surface area (Å²) >= 11 is 0. The molecule has 0 aromatic carbocycles. The molecular weight excluding hydrogens is 951 g/mol. The second-order valence-electron chi connectivity index (χ2n) is 23.9. The van der Waals surface area contributed by atoms with Crippen LogP contribution in [0.5, 0.6) is 0 Å². The van der Waals surface area contributed by atoms with E-state index in [0.29, 0.717) is 12.8 Å². The number of carbonyl (C=O) groups is 1. The van der Waals surface area contributed by atoms with E-state index in [1.807, 2.05) is 0 Å². The molecule has 0 fully saturated rings. The quantitative estimate of drug-likeness (QED) is 0.0420. The summed E-state index contributed by atoms with van der Waals surface area (Å²) in [6, 6.07) is -0.539. The molecule has 3 N–H and O–H groups in total. The van der Waals surface area contributed by atoms with Gasteiger partial charge in [0.15, 0.2) is 0 Å². The van der Waals surface area contributed by atoms with Crippen LogP contribution in [-0.2, 0) is 4.79 Å². The fraction of sp³-hybridized carbons (Fsp3) is 0.824.